The van der Waals surface area contributed by atoms with E-state index in [4.69, 9.17) is 22.1 Å². The first-order valence-corrected chi connectivity index (χ1v) is 7.32. The van der Waals surface area contributed by atoms with Gasteiger partial charge in [-0.3, -0.25) is 4.79 Å². The lowest BCUT2D eigenvalue weighted by Crippen LogP contribution is -2.31. The SMILES string of the molecule is COc1cc(Cl)ccc1CNC(=O)C[C@@H]1CCC[C@H]1N. The number of amides is 1. The maximum atomic E-state index is 12.0. The molecule has 4 nitrogen and oxygen atoms in total. The topological polar surface area (TPSA) is 64.3 Å². The van der Waals surface area contributed by atoms with E-state index in [1.54, 1.807) is 19.2 Å². The second-order valence-corrected chi connectivity index (χ2v) is 5.73. The number of halogens is 1. The molecule has 0 radical (unpaired) electrons. The van der Waals surface area contributed by atoms with Gasteiger partial charge in [0.1, 0.15) is 5.75 Å². The van der Waals surface area contributed by atoms with Crippen molar-refractivity contribution in [2.75, 3.05) is 7.11 Å². The van der Waals surface area contributed by atoms with E-state index in [1.807, 2.05) is 6.07 Å². The predicted octanol–water partition coefficient (Wildman–Crippen LogP) is 2.48. The Morgan fingerprint density at radius 2 is 2.30 bits per heavy atom. The van der Waals surface area contributed by atoms with Gasteiger partial charge in [0, 0.05) is 29.6 Å². The van der Waals surface area contributed by atoms with E-state index in [0.29, 0.717) is 29.7 Å². The molecular formula is C15H21ClN2O2. The first kappa shape index (κ1) is 15.1. The normalized spacial score (nSPS) is 21.8. The van der Waals surface area contributed by atoms with Crippen molar-refractivity contribution in [2.45, 2.75) is 38.3 Å². The zero-order chi connectivity index (χ0) is 14.5. The molecule has 110 valence electrons. The van der Waals surface area contributed by atoms with E-state index >= 15 is 0 Å². The number of hydrogen-bond acceptors (Lipinski definition) is 3. The molecule has 0 aliphatic heterocycles. The van der Waals surface area contributed by atoms with Gasteiger partial charge in [-0.15, -0.1) is 0 Å². The highest BCUT2D eigenvalue weighted by atomic mass is 35.5. The molecule has 0 heterocycles. The maximum Gasteiger partial charge on any atom is 0.220 e. The minimum atomic E-state index is 0.0457. The Hall–Kier alpha value is -1.26. The van der Waals surface area contributed by atoms with E-state index in [1.165, 1.54) is 0 Å². The summed E-state index contributed by atoms with van der Waals surface area (Å²) in [6.07, 6.45) is 3.73. The van der Waals surface area contributed by atoms with Crippen molar-refractivity contribution in [1.82, 2.24) is 5.32 Å². The van der Waals surface area contributed by atoms with Crippen molar-refractivity contribution in [3.05, 3.63) is 28.8 Å². The average molecular weight is 297 g/mol. The molecule has 0 aromatic heterocycles. The minimum absolute atomic E-state index is 0.0457. The van der Waals surface area contributed by atoms with E-state index in [-0.39, 0.29) is 11.9 Å². The molecule has 1 aromatic rings. The van der Waals surface area contributed by atoms with Gasteiger partial charge in [0.15, 0.2) is 0 Å². The van der Waals surface area contributed by atoms with Crippen LogP contribution in [0.4, 0.5) is 0 Å². The van der Waals surface area contributed by atoms with Crippen LogP contribution in [0.25, 0.3) is 0 Å². The molecule has 0 saturated heterocycles. The molecule has 1 saturated carbocycles. The third-order valence-electron chi connectivity index (χ3n) is 3.89. The molecule has 2 atom stereocenters. The Morgan fingerprint density at radius 3 is 2.95 bits per heavy atom. The molecule has 3 N–H and O–H groups in total. The van der Waals surface area contributed by atoms with E-state index in [0.717, 1.165) is 24.8 Å². The van der Waals surface area contributed by atoms with Gasteiger partial charge in [-0.25, -0.2) is 0 Å². The lowest BCUT2D eigenvalue weighted by molar-refractivity contribution is -0.122. The van der Waals surface area contributed by atoms with E-state index < -0.39 is 0 Å². The Morgan fingerprint density at radius 1 is 1.50 bits per heavy atom. The van der Waals surface area contributed by atoms with Gasteiger partial charge in [-0.05, 0) is 30.9 Å². The zero-order valence-corrected chi connectivity index (χ0v) is 12.5. The van der Waals surface area contributed by atoms with Crippen LogP contribution in [-0.4, -0.2) is 19.1 Å². The Labute approximate surface area is 124 Å². The van der Waals surface area contributed by atoms with Gasteiger partial charge in [-0.2, -0.15) is 0 Å². The largest absolute Gasteiger partial charge is 0.496 e. The van der Waals surface area contributed by atoms with Crippen molar-refractivity contribution in [2.24, 2.45) is 11.7 Å². The number of carbonyl (C=O) groups is 1. The Balaban J connectivity index is 1.87. The van der Waals surface area contributed by atoms with Gasteiger partial charge in [-0.1, -0.05) is 24.1 Å². The molecule has 2 rings (SSSR count). The zero-order valence-electron chi connectivity index (χ0n) is 11.7. The molecule has 1 aliphatic rings. The summed E-state index contributed by atoms with van der Waals surface area (Å²) in [5.41, 5.74) is 6.90. The minimum Gasteiger partial charge on any atom is -0.496 e. The van der Waals surface area contributed by atoms with Crippen molar-refractivity contribution in [1.29, 1.82) is 0 Å². The molecule has 1 aromatic carbocycles. The van der Waals surface area contributed by atoms with Crippen LogP contribution in [0.3, 0.4) is 0 Å². The second kappa shape index (κ2) is 6.95. The number of rotatable bonds is 5. The third-order valence-corrected chi connectivity index (χ3v) is 4.13. The first-order valence-electron chi connectivity index (χ1n) is 6.95. The highest BCUT2D eigenvalue weighted by Gasteiger charge is 2.25. The van der Waals surface area contributed by atoms with Crippen LogP contribution in [0.15, 0.2) is 18.2 Å². The number of nitrogens with one attached hydrogen (secondary N) is 1. The highest BCUT2D eigenvalue weighted by Crippen LogP contribution is 2.27. The lowest BCUT2D eigenvalue weighted by atomic mass is 10.00. The first-order chi connectivity index (χ1) is 9.60. The number of nitrogens with two attached hydrogens (primary N) is 1. The summed E-state index contributed by atoms with van der Waals surface area (Å²) in [6.45, 7) is 0.446. The van der Waals surface area contributed by atoms with Gasteiger partial charge in [0.05, 0.1) is 7.11 Å². The maximum absolute atomic E-state index is 12.0. The lowest BCUT2D eigenvalue weighted by Gasteiger charge is -2.15. The van der Waals surface area contributed by atoms with Crippen molar-refractivity contribution >= 4 is 17.5 Å². The van der Waals surface area contributed by atoms with E-state index in [9.17, 15) is 4.79 Å². The third kappa shape index (κ3) is 3.87. The summed E-state index contributed by atoms with van der Waals surface area (Å²) in [6, 6.07) is 5.57. The quantitative estimate of drug-likeness (QED) is 0.877. The highest BCUT2D eigenvalue weighted by molar-refractivity contribution is 6.30. The number of hydrogen-bond donors (Lipinski definition) is 2. The van der Waals surface area contributed by atoms with Crippen molar-refractivity contribution < 1.29 is 9.53 Å². The van der Waals surface area contributed by atoms with Crippen LogP contribution < -0.4 is 15.8 Å². The molecular weight excluding hydrogens is 276 g/mol. The van der Waals surface area contributed by atoms with Crippen LogP contribution in [0, 0.1) is 5.92 Å². The molecule has 0 bridgehead atoms. The molecule has 1 fully saturated rings. The number of carbonyl (C=O) groups excluding carboxylic acids is 1. The van der Waals surface area contributed by atoms with Gasteiger partial charge in [0.25, 0.3) is 0 Å². The summed E-state index contributed by atoms with van der Waals surface area (Å²) in [5, 5.41) is 3.54. The number of methoxy groups -OCH3 is 1. The second-order valence-electron chi connectivity index (χ2n) is 5.29. The summed E-state index contributed by atoms with van der Waals surface area (Å²) in [5.74, 6) is 1.06. The standard InChI is InChI=1S/C15H21ClN2O2/c1-20-14-8-12(16)6-5-11(14)9-18-15(19)7-10-3-2-4-13(10)17/h5-6,8,10,13H,2-4,7,9,17H2,1H3,(H,18,19)/t10-,13+/m0/s1. The molecule has 20 heavy (non-hydrogen) atoms. The Bertz CT molecular complexity index is 479. The smallest absolute Gasteiger partial charge is 0.220 e. The Kier molecular flexibility index (Phi) is 5.26. The summed E-state index contributed by atoms with van der Waals surface area (Å²) in [4.78, 5) is 12.0. The van der Waals surface area contributed by atoms with Crippen LogP contribution >= 0.6 is 11.6 Å². The summed E-state index contributed by atoms with van der Waals surface area (Å²) >= 11 is 5.91. The fraction of sp³-hybridized carbons (Fsp3) is 0.533. The summed E-state index contributed by atoms with van der Waals surface area (Å²) in [7, 11) is 1.59. The van der Waals surface area contributed by atoms with Crippen molar-refractivity contribution in [3.8, 4) is 5.75 Å². The molecule has 1 amide bonds. The predicted molar refractivity (Wildman–Crippen MR) is 79.8 cm³/mol. The van der Waals surface area contributed by atoms with Gasteiger partial charge in [0.2, 0.25) is 5.91 Å². The van der Waals surface area contributed by atoms with Gasteiger partial charge >= 0.3 is 0 Å². The van der Waals surface area contributed by atoms with Crippen LogP contribution in [0.2, 0.25) is 5.02 Å². The van der Waals surface area contributed by atoms with Crippen molar-refractivity contribution in [3.63, 3.8) is 0 Å². The van der Waals surface area contributed by atoms with Gasteiger partial charge < -0.3 is 15.8 Å². The van der Waals surface area contributed by atoms with Crippen LogP contribution in [0.1, 0.15) is 31.2 Å². The molecule has 5 heteroatoms. The molecule has 1 aliphatic carbocycles. The number of benzene rings is 1. The fourth-order valence-corrected chi connectivity index (χ4v) is 2.85. The fourth-order valence-electron chi connectivity index (χ4n) is 2.69. The number of ether oxygens (including phenoxy) is 1. The van der Waals surface area contributed by atoms with Crippen LogP contribution in [0.5, 0.6) is 5.75 Å². The molecule has 0 spiro atoms. The van der Waals surface area contributed by atoms with Crippen LogP contribution in [-0.2, 0) is 11.3 Å². The molecule has 0 unspecified atom stereocenters. The summed E-state index contributed by atoms with van der Waals surface area (Å²) < 4.78 is 5.25. The average Bonchev–Trinajstić information content (AvgIpc) is 2.82. The monoisotopic (exact) mass is 296 g/mol. The van der Waals surface area contributed by atoms with E-state index in [2.05, 4.69) is 5.32 Å².